The largest absolute Gasteiger partial charge is 0.497 e. The zero-order chi connectivity index (χ0) is 17.1. The number of hydrogen-bond donors (Lipinski definition) is 0. The van der Waals surface area contributed by atoms with Gasteiger partial charge in [-0.2, -0.15) is 0 Å². The number of aromatic nitrogens is 2. The summed E-state index contributed by atoms with van der Waals surface area (Å²) in [5.41, 5.74) is 3.02. The fourth-order valence-electron chi connectivity index (χ4n) is 2.81. The fourth-order valence-corrected chi connectivity index (χ4v) is 2.81. The molecule has 4 rings (SSSR count). The molecule has 4 aromatic rings. The van der Waals surface area contributed by atoms with Crippen LogP contribution in [0.15, 0.2) is 63.6 Å². The highest BCUT2D eigenvalue weighted by atomic mass is 16.5. The van der Waals surface area contributed by atoms with E-state index in [0.29, 0.717) is 11.8 Å². The topological polar surface area (TPSA) is 61.3 Å². The maximum Gasteiger partial charge on any atom is 0.247 e. The summed E-state index contributed by atoms with van der Waals surface area (Å²) in [6.07, 6.45) is 4.34. The van der Waals surface area contributed by atoms with Gasteiger partial charge in [-0.15, -0.1) is 10.2 Å². The minimum atomic E-state index is 0.544. The van der Waals surface area contributed by atoms with Gasteiger partial charge in [-0.05, 0) is 54.8 Å². The minimum absolute atomic E-state index is 0.544. The van der Waals surface area contributed by atoms with E-state index in [4.69, 9.17) is 13.6 Å². The van der Waals surface area contributed by atoms with Crippen LogP contribution in [0.5, 0.6) is 5.75 Å². The van der Waals surface area contributed by atoms with Gasteiger partial charge >= 0.3 is 0 Å². The van der Waals surface area contributed by atoms with Crippen molar-refractivity contribution in [3.63, 3.8) is 0 Å². The Bertz CT molecular complexity index is 970. The lowest BCUT2D eigenvalue weighted by atomic mass is 10.1. The van der Waals surface area contributed by atoms with Crippen LogP contribution < -0.4 is 4.74 Å². The lowest BCUT2D eigenvalue weighted by Crippen LogP contribution is -1.91. The Hall–Kier alpha value is -3.08. The summed E-state index contributed by atoms with van der Waals surface area (Å²) in [4.78, 5) is 0. The highest BCUT2D eigenvalue weighted by Crippen LogP contribution is 2.24. The van der Waals surface area contributed by atoms with Crippen molar-refractivity contribution in [1.82, 2.24) is 10.2 Å². The lowest BCUT2D eigenvalue weighted by molar-refractivity contribution is 0.414. The molecular weight excluding hydrogens is 316 g/mol. The normalized spacial score (nSPS) is 11.1. The lowest BCUT2D eigenvalue weighted by Gasteiger charge is -2.02. The highest BCUT2D eigenvalue weighted by Gasteiger charge is 2.10. The molecule has 0 aliphatic carbocycles. The van der Waals surface area contributed by atoms with E-state index in [-0.39, 0.29) is 0 Å². The van der Waals surface area contributed by atoms with Crippen molar-refractivity contribution >= 4 is 11.0 Å². The molecule has 0 aliphatic rings. The fraction of sp³-hybridized carbons (Fsp3) is 0.200. The number of benzene rings is 2. The van der Waals surface area contributed by atoms with E-state index in [1.54, 1.807) is 13.4 Å². The van der Waals surface area contributed by atoms with E-state index in [0.717, 1.165) is 41.5 Å². The van der Waals surface area contributed by atoms with Crippen molar-refractivity contribution < 1.29 is 13.6 Å². The van der Waals surface area contributed by atoms with Crippen molar-refractivity contribution in [1.29, 1.82) is 0 Å². The smallest absolute Gasteiger partial charge is 0.247 e. The third-order valence-electron chi connectivity index (χ3n) is 4.18. The van der Waals surface area contributed by atoms with Crippen molar-refractivity contribution in [2.75, 3.05) is 7.11 Å². The average molecular weight is 334 g/mol. The molecule has 25 heavy (non-hydrogen) atoms. The van der Waals surface area contributed by atoms with Gasteiger partial charge < -0.3 is 13.6 Å². The zero-order valence-corrected chi connectivity index (χ0v) is 13.9. The van der Waals surface area contributed by atoms with Crippen LogP contribution in [0.4, 0.5) is 0 Å². The maximum absolute atomic E-state index is 5.80. The van der Waals surface area contributed by atoms with Crippen molar-refractivity contribution in [3.05, 3.63) is 66.2 Å². The molecular formula is C20H18N2O3. The van der Waals surface area contributed by atoms with Crippen LogP contribution in [0.2, 0.25) is 0 Å². The minimum Gasteiger partial charge on any atom is -0.497 e. The summed E-state index contributed by atoms with van der Waals surface area (Å²) in [6, 6.07) is 15.9. The number of fused-ring (bicyclic) bond motifs is 1. The Labute approximate surface area is 145 Å². The molecule has 126 valence electrons. The Balaban J connectivity index is 1.39. The highest BCUT2D eigenvalue weighted by molar-refractivity contribution is 5.81. The Kier molecular flexibility index (Phi) is 4.21. The van der Waals surface area contributed by atoms with Crippen LogP contribution in [0, 0.1) is 0 Å². The van der Waals surface area contributed by atoms with Crippen LogP contribution in [0.25, 0.3) is 22.4 Å². The second kappa shape index (κ2) is 6.81. The third-order valence-corrected chi connectivity index (χ3v) is 4.18. The zero-order valence-electron chi connectivity index (χ0n) is 13.9. The predicted molar refractivity (Wildman–Crippen MR) is 94.5 cm³/mol. The Morgan fingerprint density at radius 1 is 0.960 bits per heavy atom. The maximum atomic E-state index is 5.80. The number of hydrogen-bond acceptors (Lipinski definition) is 5. The summed E-state index contributed by atoms with van der Waals surface area (Å²) in [5, 5.41) is 9.35. The van der Waals surface area contributed by atoms with E-state index in [2.05, 4.69) is 22.3 Å². The molecule has 5 nitrogen and oxygen atoms in total. The second-order valence-corrected chi connectivity index (χ2v) is 5.88. The third kappa shape index (κ3) is 3.40. The van der Waals surface area contributed by atoms with Crippen molar-refractivity contribution in [2.45, 2.75) is 19.3 Å². The molecule has 5 heteroatoms. The van der Waals surface area contributed by atoms with Gasteiger partial charge in [0.2, 0.25) is 11.8 Å². The molecule has 0 fully saturated rings. The predicted octanol–water partition coefficient (Wildman–Crippen LogP) is 4.67. The molecule has 2 aromatic heterocycles. The van der Waals surface area contributed by atoms with Crippen LogP contribution >= 0.6 is 0 Å². The molecule has 2 aromatic carbocycles. The first kappa shape index (κ1) is 15.4. The van der Waals surface area contributed by atoms with Gasteiger partial charge in [0.25, 0.3) is 0 Å². The number of furan rings is 1. The number of methoxy groups -OCH3 is 1. The van der Waals surface area contributed by atoms with Gasteiger partial charge in [0.15, 0.2) is 0 Å². The molecule has 0 spiro atoms. The van der Waals surface area contributed by atoms with E-state index >= 15 is 0 Å². The van der Waals surface area contributed by atoms with Crippen molar-refractivity contribution in [3.8, 4) is 17.2 Å². The summed E-state index contributed by atoms with van der Waals surface area (Å²) in [5.74, 6) is 2.08. The van der Waals surface area contributed by atoms with Crippen LogP contribution in [-0.4, -0.2) is 17.3 Å². The molecule has 0 saturated heterocycles. The van der Waals surface area contributed by atoms with E-state index < -0.39 is 0 Å². The SMILES string of the molecule is COc1ccc(CCCc2nnc(-c3ccc4occc4c3)o2)cc1. The Morgan fingerprint density at radius 2 is 1.84 bits per heavy atom. The van der Waals surface area contributed by atoms with Gasteiger partial charge in [-0.1, -0.05) is 12.1 Å². The van der Waals surface area contributed by atoms with E-state index in [1.807, 2.05) is 36.4 Å². The molecule has 0 aliphatic heterocycles. The first-order valence-electron chi connectivity index (χ1n) is 8.25. The summed E-state index contributed by atoms with van der Waals surface area (Å²) in [6.45, 7) is 0. The van der Waals surface area contributed by atoms with Gasteiger partial charge in [0.1, 0.15) is 11.3 Å². The first-order valence-corrected chi connectivity index (χ1v) is 8.25. The van der Waals surface area contributed by atoms with Gasteiger partial charge in [0.05, 0.1) is 13.4 Å². The number of ether oxygens (including phenoxy) is 1. The van der Waals surface area contributed by atoms with E-state index in [9.17, 15) is 0 Å². The van der Waals surface area contributed by atoms with Crippen LogP contribution in [0.1, 0.15) is 17.9 Å². The van der Waals surface area contributed by atoms with Crippen molar-refractivity contribution in [2.24, 2.45) is 0 Å². The Morgan fingerprint density at radius 3 is 2.68 bits per heavy atom. The molecule has 0 bridgehead atoms. The molecule has 0 amide bonds. The molecule has 2 heterocycles. The quantitative estimate of drug-likeness (QED) is 0.513. The molecule has 0 N–H and O–H groups in total. The summed E-state index contributed by atoms with van der Waals surface area (Å²) >= 11 is 0. The average Bonchev–Trinajstić information content (AvgIpc) is 3.31. The molecule has 0 radical (unpaired) electrons. The van der Waals surface area contributed by atoms with Gasteiger partial charge in [0, 0.05) is 17.4 Å². The first-order chi connectivity index (χ1) is 12.3. The number of nitrogens with zero attached hydrogens (tertiary/aromatic N) is 2. The molecule has 0 atom stereocenters. The molecule has 0 unspecified atom stereocenters. The number of aryl methyl sites for hydroxylation is 2. The number of rotatable bonds is 6. The summed E-state index contributed by atoms with van der Waals surface area (Å²) in [7, 11) is 1.67. The monoisotopic (exact) mass is 334 g/mol. The van der Waals surface area contributed by atoms with Crippen LogP contribution in [0.3, 0.4) is 0 Å². The summed E-state index contributed by atoms with van der Waals surface area (Å²) < 4.78 is 16.3. The second-order valence-electron chi connectivity index (χ2n) is 5.88. The van der Waals surface area contributed by atoms with Gasteiger partial charge in [-0.3, -0.25) is 0 Å². The van der Waals surface area contributed by atoms with E-state index in [1.165, 1.54) is 5.56 Å². The van der Waals surface area contributed by atoms with Gasteiger partial charge in [-0.25, -0.2) is 0 Å². The molecule has 0 saturated carbocycles. The standard InChI is InChI=1S/C20H18N2O3/c1-23-17-8-5-14(6-9-17)3-2-4-19-21-22-20(25-19)16-7-10-18-15(13-16)11-12-24-18/h5-13H,2-4H2,1H3. The van der Waals surface area contributed by atoms with Crippen LogP contribution in [-0.2, 0) is 12.8 Å².